The summed E-state index contributed by atoms with van der Waals surface area (Å²) in [6, 6.07) is 6.14. The van der Waals surface area contributed by atoms with Gasteiger partial charge in [-0.3, -0.25) is 0 Å². The number of likely N-dealkylation sites (tertiary alicyclic amines) is 1. The zero-order valence-electron chi connectivity index (χ0n) is 10.8. The van der Waals surface area contributed by atoms with Crippen molar-refractivity contribution in [2.75, 3.05) is 26.2 Å². The Morgan fingerprint density at radius 3 is 2.61 bits per heavy atom. The summed E-state index contributed by atoms with van der Waals surface area (Å²) in [6.45, 7) is 6.81. The van der Waals surface area contributed by atoms with Crippen molar-refractivity contribution in [3.63, 3.8) is 0 Å². The Morgan fingerprint density at radius 1 is 1.22 bits per heavy atom. The largest absolute Gasteiger partial charge is 0.309 e. The van der Waals surface area contributed by atoms with Crippen LogP contribution >= 0.6 is 23.2 Å². The first kappa shape index (κ1) is 14.1. The summed E-state index contributed by atoms with van der Waals surface area (Å²) in [7, 11) is 0. The fraction of sp³-hybridized carbons (Fsp3) is 0.571. The second-order valence-corrected chi connectivity index (χ2v) is 5.71. The van der Waals surface area contributed by atoms with Crippen LogP contribution < -0.4 is 5.32 Å². The van der Waals surface area contributed by atoms with Gasteiger partial charge in [0.05, 0.1) is 10.0 Å². The van der Waals surface area contributed by atoms with Gasteiger partial charge in [0.1, 0.15) is 0 Å². The van der Waals surface area contributed by atoms with E-state index < -0.39 is 0 Å². The Bertz CT molecular complexity index is 389. The molecule has 1 N–H and O–H groups in total. The molecule has 0 aliphatic carbocycles. The zero-order chi connectivity index (χ0) is 13.0. The summed E-state index contributed by atoms with van der Waals surface area (Å²) < 4.78 is 0. The summed E-state index contributed by atoms with van der Waals surface area (Å²) in [5.74, 6) is 0. The van der Waals surface area contributed by atoms with Gasteiger partial charge in [0.15, 0.2) is 0 Å². The minimum atomic E-state index is 0.308. The van der Waals surface area contributed by atoms with Gasteiger partial charge in [-0.25, -0.2) is 0 Å². The van der Waals surface area contributed by atoms with Crippen LogP contribution in [0.4, 0.5) is 0 Å². The maximum Gasteiger partial charge on any atom is 0.0595 e. The predicted octanol–water partition coefficient (Wildman–Crippen LogP) is 3.74. The standard InChI is InChI=1S/C14H20Cl2N2/c1-11(12-4-5-13(15)14(16)10-12)17-6-9-18-7-2-3-8-18/h4-5,10-11,17H,2-3,6-9H2,1H3. The van der Waals surface area contributed by atoms with Crippen molar-refractivity contribution in [3.05, 3.63) is 33.8 Å². The van der Waals surface area contributed by atoms with Crippen molar-refractivity contribution in [1.29, 1.82) is 0 Å². The van der Waals surface area contributed by atoms with Gasteiger partial charge in [-0.2, -0.15) is 0 Å². The number of nitrogens with zero attached hydrogens (tertiary/aromatic N) is 1. The summed E-state index contributed by atoms with van der Waals surface area (Å²) in [5, 5.41) is 4.77. The number of nitrogens with one attached hydrogen (secondary N) is 1. The molecule has 1 aromatic rings. The lowest BCUT2D eigenvalue weighted by Gasteiger charge is -2.18. The van der Waals surface area contributed by atoms with E-state index in [1.165, 1.54) is 31.5 Å². The van der Waals surface area contributed by atoms with Gasteiger partial charge in [-0.1, -0.05) is 29.3 Å². The molecule has 1 fully saturated rings. The van der Waals surface area contributed by atoms with Crippen molar-refractivity contribution in [3.8, 4) is 0 Å². The summed E-state index contributed by atoms with van der Waals surface area (Å²) in [5.41, 5.74) is 1.19. The third-order valence-electron chi connectivity index (χ3n) is 3.52. The average Bonchev–Trinajstić information content (AvgIpc) is 2.85. The van der Waals surface area contributed by atoms with E-state index in [9.17, 15) is 0 Å². The third-order valence-corrected chi connectivity index (χ3v) is 4.26. The fourth-order valence-electron chi connectivity index (χ4n) is 2.34. The number of rotatable bonds is 5. The number of halogens is 2. The number of benzene rings is 1. The Balaban J connectivity index is 1.79. The van der Waals surface area contributed by atoms with Gasteiger partial charge in [0.25, 0.3) is 0 Å². The molecule has 0 radical (unpaired) electrons. The first-order chi connectivity index (χ1) is 8.66. The monoisotopic (exact) mass is 286 g/mol. The molecule has 0 saturated carbocycles. The summed E-state index contributed by atoms with van der Waals surface area (Å²) in [6.07, 6.45) is 2.70. The van der Waals surface area contributed by atoms with E-state index in [0.29, 0.717) is 16.1 Å². The van der Waals surface area contributed by atoms with Crippen LogP contribution in [0.5, 0.6) is 0 Å². The molecule has 1 heterocycles. The van der Waals surface area contributed by atoms with Gasteiger partial charge < -0.3 is 10.2 Å². The maximum absolute atomic E-state index is 6.03. The van der Waals surface area contributed by atoms with Gasteiger partial charge in [-0.15, -0.1) is 0 Å². The normalized spacial score (nSPS) is 18.2. The Hall–Kier alpha value is -0.280. The SMILES string of the molecule is CC(NCCN1CCCC1)c1ccc(Cl)c(Cl)c1. The zero-order valence-corrected chi connectivity index (χ0v) is 12.3. The second kappa shape index (κ2) is 6.76. The van der Waals surface area contributed by atoms with Gasteiger partial charge in [-0.05, 0) is 50.6 Å². The molecule has 0 spiro atoms. The molecule has 0 aromatic heterocycles. The van der Waals surface area contributed by atoms with Crippen molar-refractivity contribution < 1.29 is 0 Å². The Labute approximate surface area is 119 Å². The van der Waals surface area contributed by atoms with E-state index in [1.54, 1.807) is 0 Å². The molecule has 1 saturated heterocycles. The molecule has 1 aromatic carbocycles. The van der Waals surface area contributed by atoms with E-state index >= 15 is 0 Å². The topological polar surface area (TPSA) is 15.3 Å². The highest BCUT2D eigenvalue weighted by atomic mass is 35.5. The van der Waals surface area contributed by atoms with Gasteiger partial charge in [0.2, 0.25) is 0 Å². The molecule has 2 nitrogen and oxygen atoms in total. The van der Waals surface area contributed by atoms with Gasteiger partial charge in [0, 0.05) is 19.1 Å². The van der Waals surface area contributed by atoms with E-state index in [0.717, 1.165) is 13.1 Å². The minimum Gasteiger partial charge on any atom is -0.309 e. The third kappa shape index (κ3) is 3.86. The smallest absolute Gasteiger partial charge is 0.0595 e. The molecular formula is C14H20Cl2N2. The van der Waals surface area contributed by atoms with Crippen LogP contribution in [0.3, 0.4) is 0 Å². The molecule has 0 amide bonds. The highest BCUT2D eigenvalue weighted by Gasteiger charge is 2.12. The highest BCUT2D eigenvalue weighted by Crippen LogP contribution is 2.25. The van der Waals surface area contributed by atoms with Crippen LogP contribution in [0.15, 0.2) is 18.2 Å². The lowest BCUT2D eigenvalue weighted by Crippen LogP contribution is -2.31. The van der Waals surface area contributed by atoms with E-state index in [1.807, 2.05) is 18.2 Å². The van der Waals surface area contributed by atoms with Crippen LogP contribution in [-0.2, 0) is 0 Å². The minimum absolute atomic E-state index is 0.308. The second-order valence-electron chi connectivity index (χ2n) is 4.90. The molecule has 1 aliphatic heterocycles. The number of hydrogen-bond acceptors (Lipinski definition) is 2. The van der Waals surface area contributed by atoms with Crippen molar-refractivity contribution in [2.45, 2.75) is 25.8 Å². The van der Waals surface area contributed by atoms with Crippen LogP contribution in [0.2, 0.25) is 10.0 Å². The van der Waals surface area contributed by atoms with E-state index in [4.69, 9.17) is 23.2 Å². The fourth-order valence-corrected chi connectivity index (χ4v) is 2.65. The predicted molar refractivity (Wildman–Crippen MR) is 78.6 cm³/mol. The molecule has 1 aliphatic rings. The quantitative estimate of drug-likeness (QED) is 0.887. The lowest BCUT2D eigenvalue weighted by molar-refractivity contribution is 0.330. The molecule has 100 valence electrons. The molecule has 18 heavy (non-hydrogen) atoms. The first-order valence-electron chi connectivity index (χ1n) is 6.57. The van der Waals surface area contributed by atoms with Crippen molar-refractivity contribution in [1.82, 2.24) is 10.2 Å². The molecule has 4 heteroatoms. The average molecular weight is 287 g/mol. The van der Waals surface area contributed by atoms with Crippen molar-refractivity contribution in [2.24, 2.45) is 0 Å². The van der Waals surface area contributed by atoms with Gasteiger partial charge >= 0.3 is 0 Å². The van der Waals surface area contributed by atoms with Crippen LogP contribution in [0, 0.1) is 0 Å². The molecule has 2 rings (SSSR count). The highest BCUT2D eigenvalue weighted by molar-refractivity contribution is 6.42. The molecule has 1 unspecified atom stereocenters. The van der Waals surface area contributed by atoms with Crippen LogP contribution in [0.25, 0.3) is 0 Å². The number of hydrogen-bond donors (Lipinski definition) is 1. The van der Waals surface area contributed by atoms with E-state index in [2.05, 4.69) is 17.1 Å². The van der Waals surface area contributed by atoms with Crippen LogP contribution in [0.1, 0.15) is 31.4 Å². The Kier molecular flexibility index (Phi) is 5.31. The molecular weight excluding hydrogens is 267 g/mol. The lowest BCUT2D eigenvalue weighted by atomic mass is 10.1. The molecule has 1 atom stereocenters. The van der Waals surface area contributed by atoms with Crippen molar-refractivity contribution >= 4 is 23.2 Å². The first-order valence-corrected chi connectivity index (χ1v) is 7.33. The van der Waals surface area contributed by atoms with Crippen LogP contribution in [-0.4, -0.2) is 31.1 Å². The summed E-state index contributed by atoms with van der Waals surface area (Å²) >= 11 is 11.9. The Morgan fingerprint density at radius 2 is 1.94 bits per heavy atom. The van der Waals surface area contributed by atoms with E-state index in [-0.39, 0.29) is 0 Å². The molecule has 0 bridgehead atoms. The summed E-state index contributed by atoms with van der Waals surface area (Å²) in [4.78, 5) is 2.51. The maximum atomic E-state index is 6.03.